The average molecular weight is 544 g/mol. The number of aliphatic carboxylic acids is 1. The zero-order valence-electron chi connectivity index (χ0n) is 16.4. The van der Waals surface area contributed by atoms with Crippen molar-refractivity contribution in [3.05, 3.63) is 0 Å². The predicted octanol–water partition coefficient (Wildman–Crippen LogP) is 7.51. The Morgan fingerprint density at radius 2 is 0.735 bits per heavy atom. The van der Waals surface area contributed by atoms with E-state index in [1.54, 1.807) is 0 Å². The monoisotopic (exact) mass is 544 g/mol. The van der Waals surface area contributed by atoms with Crippen LogP contribution in [0.25, 0.3) is 0 Å². The number of halogens is 16. The van der Waals surface area contributed by atoms with E-state index in [-0.39, 0.29) is 0 Å². The molecule has 0 aromatic heterocycles. The Balaban J connectivity index is 5.31. The molecule has 0 heterocycles. The summed E-state index contributed by atoms with van der Waals surface area (Å²) < 4.78 is 210. The van der Waals surface area contributed by atoms with Gasteiger partial charge in [0.1, 0.15) is 0 Å². The minimum Gasteiger partial charge on any atom is -0.477 e. The molecule has 0 amide bonds. The lowest BCUT2D eigenvalue weighted by molar-refractivity contribution is -0.210. The van der Waals surface area contributed by atoms with E-state index in [9.17, 15) is 75.0 Å². The predicted molar refractivity (Wildman–Crippen MR) is 80.6 cm³/mol. The first-order chi connectivity index (χ1) is 14.6. The van der Waals surface area contributed by atoms with Gasteiger partial charge < -0.3 is 5.11 Å². The topological polar surface area (TPSA) is 37.3 Å². The van der Waals surface area contributed by atoms with Crippen LogP contribution in [0.5, 0.6) is 0 Å². The lowest BCUT2D eigenvalue weighted by atomic mass is 9.93. The third-order valence-electron chi connectivity index (χ3n) is 3.83. The van der Waals surface area contributed by atoms with Gasteiger partial charge in [-0.3, -0.25) is 0 Å². The summed E-state index contributed by atoms with van der Waals surface area (Å²) in [5, 5.41) is 8.00. The van der Waals surface area contributed by atoms with Gasteiger partial charge in [-0.25, -0.2) is 66.3 Å². The van der Waals surface area contributed by atoms with Crippen LogP contribution in [0.2, 0.25) is 0 Å². The molecule has 1 N–H and O–H groups in total. The summed E-state index contributed by atoms with van der Waals surface area (Å²) in [4.78, 5) is 10.1. The Morgan fingerprint density at radius 3 is 0.971 bits per heavy atom. The maximum Gasteiger partial charge on any atom is 0.374 e. The first-order valence-corrected chi connectivity index (χ1v) is 8.76. The second kappa shape index (κ2) is 10.1. The molecule has 0 aliphatic heterocycles. The quantitative estimate of drug-likeness (QED) is 0.217. The van der Waals surface area contributed by atoms with Gasteiger partial charge in [0.25, 0.3) is 35.5 Å². The largest absolute Gasteiger partial charge is 0.477 e. The molecule has 0 aromatic carbocycles. The van der Waals surface area contributed by atoms with Gasteiger partial charge in [-0.1, -0.05) is 0 Å². The molecule has 0 saturated carbocycles. The van der Waals surface area contributed by atoms with Crippen molar-refractivity contribution in [3.8, 4) is 0 Å². The van der Waals surface area contributed by atoms with Crippen LogP contribution in [0.4, 0.5) is 70.2 Å². The van der Waals surface area contributed by atoms with Crippen molar-refractivity contribution >= 4 is 5.97 Å². The summed E-state index contributed by atoms with van der Waals surface area (Å²) in [5.74, 6) is -40.1. The Kier molecular flexibility index (Phi) is 9.65. The molecular formula is C16H16F16O2. The first kappa shape index (κ1) is 32.4. The molecule has 18 heteroatoms. The van der Waals surface area contributed by atoms with Crippen LogP contribution in [0.15, 0.2) is 0 Å². The van der Waals surface area contributed by atoms with Gasteiger partial charge in [-0.05, 0) is 0 Å². The molecule has 0 radical (unpaired) electrons. The van der Waals surface area contributed by atoms with Crippen LogP contribution in [-0.4, -0.2) is 59.0 Å². The van der Waals surface area contributed by atoms with Crippen molar-refractivity contribution in [2.75, 3.05) is 0 Å². The van der Waals surface area contributed by atoms with E-state index in [4.69, 9.17) is 5.11 Å². The number of alkyl halides is 16. The zero-order chi connectivity index (χ0) is 27.6. The van der Waals surface area contributed by atoms with Crippen molar-refractivity contribution in [2.24, 2.45) is 0 Å². The van der Waals surface area contributed by atoms with Gasteiger partial charge in [0.15, 0.2) is 0 Å². The summed E-state index contributed by atoms with van der Waals surface area (Å²) >= 11 is 0. The van der Waals surface area contributed by atoms with Crippen LogP contribution < -0.4 is 0 Å². The van der Waals surface area contributed by atoms with Crippen molar-refractivity contribution < 1.29 is 80.1 Å². The van der Waals surface area contributed by atoms with Crippen molar-refractivity contribution in [1.29, 1.82) is 0 Å². The summed E-state index contributed by atoms with van der Waals surface area (Å²) in [5.41, 5.74) is 0. The van der Waals surface area contributed by atoms with Gasteiger partial charge in [0.2, 0.25) is 6.43 Å². The van der Waals surface area contributed by atoms with Crippen LogP contribution >= 0.6 is 0 Å². The fourth-order valence-electron chi connectivity index (χ4n) is 2.90. The molecule has 0 saturated heterocycles. The Bertz CT molecular complexity index is 688. The lowest BCUT2D eigenvalue weighted by Gasteiger charge is -2.31. The SMILES string of the molecule is O=C(O)C(F)(F)CC(F)(F)CC(F)(F)CC(F)(F)CC(F)(F)CC(F)(F)CC(F)(F)CC(F)F. The highest BCUT2D eigenvalue weighted by Crippen LogP contribution is 2.48. The summed E-state index contributed by atoms with van der Waals surface area (Å²) in [7, 11) is 0. The lowest BCUT2D eigenvalue weighted by Crippen LogP contribution is -2.43. The van der Waals surface area contributed by atoms with Gasteiger partial charge in [-0.15, -0.1) is 0 Å². The molecule has 0 bridgehead atoms. The van der Waals surface area contributed by atoms with E-state index < -0.39 is 98.8 Å². The molecule has 0 fully saturated rings. The van der Waals surface area contributed by atoms with Crippen molar-refractivity contribution in [1.82, 2.24) is 0 Å². The molecule has 204 valence electrons. The summed E-state index contributed by atoms with van der Waals surface area (Å²) in [6.45, 7) is 0. The van der Waals surface area contributed by atoms with Crippen LogP contribution in [0.3, 0.4) is 0 Å². The summed E-state index contributed by atoms with van der Waals surface area (Å²) in [6, 6.07) is 0. The smallest absolute Gasteiger partial charge is 0.374 e. The second-order valence-electron chi connectivity index (χ2n) is 7.80. The fraction of sp³-hybridized carbons (Fsp3) is 0.938. The standard InChI is InChI=1S/C16H16F16O2/c17-8(18)1-10(19,20)2-11(21,22)3-12(23,24)4-13(25,26)5-14(27,28)6-15(29,30)7-16(31,32)9(33)34/h8H,1-7H2,(H,33,34). The number of rotatable bonds is 15. The number of carboxylic acids is 1. The molecule has 0 rings (SSSR count). The highest BCUT2D eigenvalue weighted by atomic mass is 19.3. The molecule has 0 spiro atoms. The van der Waals surface area contributed by atoms with E-state index in [1.807, 2.05) is 0 Å². The van der Waals surface area contributed by atoms with E-state index in [1.165, 1.54) is 0 Å². The number of carbonyl (C=O) groups is 1. The average Bonchev–Trinajstić information content (AvgIpc) is 2.35. The normalized spacial score (nSPS) is 15.2. The Morgan fingerprint density at radius 1 is 0.500 bits per heavy atom. The molecule has 0 unspecified atom stereocenters. The molecule has 0 aliphatic rings. The molecule has 0 atom stereocenters. The molecular weight excluding hydrogens is 528 g/mol. The molecule has 34 heavy (non-hydrogen) atoms. The zero-order valence-corrected chi connectivity index (χ0v) is 16.4. The van der Waals surface area contributed by atoms with E-state index >= 15 is 0 Å². The van der Waals surface area contributed by atoms with Crippen LogP contribution in [-0.2, 0) is 4.79 Å². The van der Waals surface area contributed by atoms with Crippen molar-refractivity contribution in [3.63, 3.8) is 0 Å². The minimum atomic E-state index is -5.43. The first-order valence-electron chi connectivity index (χ1n) is 8.76. The third kappa shape index (κ3) is 12.7. The summed E-state index contributed by atoms with van der Waals surface area (Å²) in [6.07, 6.45) is -25.0. The minimum absolute atomic E-state index is 2.48. The molecule has 0 aliphatic carbocycles. The van der Waals surface area contributed by atoms with E-state index in [0.717, 1.165) is 0 Å². The second-order valence-corrected chi connectivity index (χ2v) is 7.80. The van der Waals surface area contributed by atoms with Gasteiger partial charge in [-0.2, -0.15) is 8.78 Å². The van der Waals surface area contributed by atoms with Gasteiger partial charge >= 0.3 is 11.9 Å². The van der Waals surface area contributed by atoms with Gasteiger partial charge in [0.05, 0.1) is 44.9 Å². The van der Waals surface area contributed by atoms with Crippen LogP contribution in [0, 0.1) is 0 Å². The van der Waals surface area contributed by atoms with E-state index in [2.05, 4.69) is 0 Å². The fourth-order valence-corrected chi connectivity index (χ4v) is 2.90. The molecule has 0 aromatic rings. The van der Waals surface area contributed by atoms with Gasteiger partial charge in [0, 0.05) is 0 Å². The molecule has 2 nitrogen and oxygen atoms in total. The Labute approximate surface area is 180 Å². The number of hydrogen-bond donors (Lipinski definition) is 1. The number of carboxylic acid groups (broad SMARTS) is 1. The number of hydrogen-bond acceptors (Lipinski definition) is 1. The maximum atomic E-state index is 13.6. The van der Waals surface area contributed by atoms with E-state index in [0.29, 0.717) is 0 Å². The highest BCUT2D eigenvalue weighted by molar-refractivity contribution is 5.75. The van der Waals surface area contributed by atoms with Crippen molar-refractivity contribution in [2.45, 2.75) is 92.8 Å². The Hall–Kier alpha value is -1.65. The third-order valence-corrected chi connectivity index (χ3v) is 3.83. The van der Waals surface area contributed by atoms with Crippen LogP contribution in [0.1, 0.15) is 44.9 Å². The highest BCUT2D eigenvalue weighted by Gasteiger charge is 2.58. The maximum absolute atomic E-state index is 13.6.